The second-order valence-electron chi connectivity index (χ2n) is 7.39. The van der Waals surface area contributed by atoms with Crippen LogP contribution in [0.15, 0.2) is 18.2 Å². The number of anilines is 1. The normalized spacial score (nSPS) is 23.4. The molecule has 27 heavy (non-hydrogen) atoms. The number of carbonyl (C=O) groups is 2. The molecule has 6 nitrogen and oxygen atoms in total. The fourth-order valence-electron chi connectivity index (χ4n) is 3.51. The molecule has 150 valence electrons. The Balaban J connectivity index is 2.25. The van der Waals surface area contributed by atoms with E-state index in [1.807, 2.05) is 13.8 Å². The molecule has 2 rings (SSSR count). The van der Waals surface area contributed by atoms with Gasteiger partial charge in [0.25, 0.3) is 5.91 Å². The number of hydrogen-bond donors (Lipinski definition) is 1. The van der Waals surface area contributed by atoms with Crippen LogP contribution in [0, 0.1) is 5.92 Å². The number of benzene rings is 1. The predicted octanol–water partition coefficient (Wildman–Crippen LogP) is 4.18. The molecule has 1 aliphatic carbocycles. The fraction of sp³-hybridized carbons (Fsp3) is 0.619. The van der Waals surface area contributed by atoms with Gasteiger partial charge in [0, 0.05) is 12.8 Å². The molecular weight excluding hydrogens is 346 g/mol. The number of esters is 1. The van der Waals surface area contributed by atoms with Crippen molar-refractivity contribution in [1.29, 1.82) is 0 Å². The Hall–Kier alpha value is -2.08. The van der Waals surface area contributed by atoms with E-state index in [2.05, 4.69) is 12.2 Å². The molecule has 0 aliphatic heterocycles. The Labute approximate surface area is 161 Å². The van der Waals surface area contributed by atoms with Crippen LogP contribution >= 0.6 is 0 Å². The molecule has 0 saturated heterocycles. The summed E-state index contributed by atoms with van der Waals surface area (Å²) < 4.78 is 16.3. The van der Waals surface area contributed by atoms with E-state index in [-0.39, 0.29) is 12.0 Å². The molecule has 1 aromatic rings. The van der Waals surface area contributed by atoms with Crippen molar-refractivity contribution in [3.05, 3.63) is 23.8 Å². The summed E-state index contributed by atoms with van der Waals surface area (Å²) in [6.45, 7) is 6.08. The summed E-state index contributed by atoms with van der Waals surface area (Å²) in [5.74, 6) is 0.198. The first-order valence-corrected chi connectivity index (χ1v) is 9.60. The zero-order chi connectivity index (χ0) is 20.0. The van der Waals surface area contributed by atoms with Crippen molar-refractivity contribution in [2.75, 3.05) is 19.5 Å². The molecule has 0 radical (unpaired) electrons. The maximum absolute atomic E-state index is 12.9. The number of ether oxygens (including phenoxy) is 3. The third kappa shape index (κ3) is 5.01. The number of carbonyl (C=O) groups excluding carboxylic acids is 2. The van der Waals surface area contributed by atoms with Crippen LogP contribution in [-0.4, -0.2) is 37.8 Å². The summed E-state index contributed by atoms with van der Waals surface area (Å²) in [6, 6.07) is 5.02. The zero-order valence-electron chi connectivity index (χ0n) is 17.0. The number of methoxy groups -OCH3 is 2. The highest BCUT2D eigenvalue weighted by molar-refractivity contribution is 5.99. The zero-order valence-corrected chi connectivity index (χ0v) is 17.0. The van der Waals surface area contributed by atoms with Crippen molar-refractivity contribution in [1.82, 2.24) is 0 Å². The molecule has 3 atom stereocenters. The highest BCUT2D eigenvalue weighted by Gasteiger charge is 2.42. The van der Waals surface area contributed by atoms with E-state index in [4.69, 9.17) is 14.2 Å². The van der Waals surface area contributed by atoms with Crippen LogP contribution in [0.1, 0.15) is 63.2 Å². The Morgan fingerprint density at radius 1 is 1.33 bits per heavy atom. The Morgan fingerprint density at radius 2 is 2.07 bits per heavy atom. The standard InChI is InChI=1S/C21H31NO5/c1-6-15(3)27-18-10-9-16(12-17(18)19(23)25-4)22-20(24)21(26-5)11-7-8-14(2)13-21/h9-10,12,14-15H,6-8,11,13H2,1-5H3,(H,22,24). The lowest BCUT2D eigenvalue weighted by Gasteiger charge is -2.37. The van der Waals surface area contributed by atoms with Gasteiger partial charge in [-0.1, -0.05) is 20.3 Å². The van der Waals surface area contributed by atoms with Crippen molar-refractivity contribution in [2.24, 2.45) is 5.92 Å². The van der Waals surface area contributed by atoms with Crippen LogP contribution in [0.25, 0.3) is 0 Å². The van der Waals surface area contributed by atoms with Gasteiger partial charge in [-0.3, -0.25) is 4.79 Å². The minimum atomic E-state index is -0.824. The van der Waals surface area contributed by atoms with E-state index in [0.29, 0.717) is 35.8 Å². The number of rotatable bonds is 7. The van der Waals surface area contributed by atoms with Crippen molar-refractivity contribution in [3.63, 3.8) is 0 Å². The predicted molar refractivity (Wildman–Crippen MR) is 104 cm³/mol. The minimum Gasteiger partial charge on any atom is -0.490 e. The molecular formula is C21H31NO5. The first-order chi connectivity index (χ1) is 12.8. The third-order valence-electron chi connectivity index (χ3n) is 5.31. The molecule has 1 N–H and O–H groups in total. The smallest absolute Gasteiger partial charge is 0.341 e. The van der Waals surface area contributed by atoms with Crippen LogP contribution in [0.4, 0.5) is 5.69 Å². The Kier molecular flexibility index (Phi) is 7.25. The quantitative estimate of drug-likeness (QED) is 0.722. The molecule has 0 aromatic heterocycles. The summed E-state index contributed by atoms with van der Waals surface area (Å²) in [4.78, 5) is 25.1. The van der Waals surface area contributed by atoms with Gasteiger partial charge >= 0.3 is 5.97 Å². The lowest BCUT2D eigenvalue weighted by Crippen LogP contribution is -2.47. The molecule has 0 heterocycles. The highest BCUT2D eigenvalue weighted by Crippen LogP contribution is 2.36. The average Bonchev–Trinajstić information content (AvgIpc) is 2.68. The van der Waals surface area contributed by atoms with Crippen molar-refractivity contribution >= 4 is 17.6 Å². The van der Waals surface area contributed by atoms with Gasteiger partial charge in [-0.05, 0) is 56.7 Å². The lowest BCUT2D eigenvalue weighted by atomic mass is 9.78. The Morgan fingerprint density at radius 3 is 2.67 bits per heavy atom. The van der Waals surface area contributed by atoms with Gasteiger partial charge in [0.2, 0.25) is 0 Å². The molecule has 0 bridgehead atoms. The average molecular weight is 377 g/mol. The summed E-state index contributed by atoms with van der Waals surface area (Å²) >= 11 is 0. The van der Waals surface area contributed by atoms with Crippen molar-refractivity contribution < 1.29 is 23.8 Å². The van der Waals surface area contributed by atoms with Gasteiger partial charge in [-0.25, -0.2) is 4.79 Å². The maximum Gasteiger partial charge on any atom is 0.341 e. The number of hydrogen-bond acceptors (Lipinski definition) is 5. The van der Waals surface area contributed by atoms with Gasteiger partial charge in [-0.2, -0.15) is 0 Å². The SMILES string of the molecule is CCC(C)Oc1ccc(NC(=O)C2(OC)CCCC(C)C2)cc1C(=O)OC. The van der Waals surface area contributed by atoms with Crippen LogP contribution in [0.5, 0.6) is 5.75 Å². The lowest BCUT2D eigenvalue weighted by molar-refractivity contribution is -0.143. The molecule has 1 aliphatic rings. The van der Waals surface area contributed by atoms with Gasteiger partial charge in [-0.15, -0.1) is 0 Å². The molecule has 1 aromatic carbocycles. The van der Waals surface area contributed by atoms with Crippen LogP contribution in [0.3, 0.4) is 0 Å². The first-order valence-electron chi connectivity index (χ1n) is 9.60. The van der Waals surface area contributed by atoms with Gasteiger partial charge < -0.3 is 19.5 Å². The highest BCUT2D eigenvalue weighted by atomic mass is 16.5. The largest absolute Gasteiger partial charge is 0.490 e. The van der Waals surface area contributed by atoms with E-state index in [9.17, 15) is 9.59 Å². The topological polar surface area (TPSA) is 73.9 Å². The summed E-state index contributed by atoms with van der Waals surface area (Å²) in [5.41, 5.74) is -0.0136. The second kappa shape index (κ2) is 9.22. The summed E-state index contributed by atoms with van der Waals surface area (Å²) in [7, 11) is 2.91. The fourth-order valence-corrected chi connectivity index (χ4v) is 3.51. The van der Waals surface area contributed by atoms with E-state index < -0.39 is 11.6 Å². The molecule has 1 fully saturated rings. The molecule has 1 amide bonds. The molecule has 1 saturated carbocycles. The maximum atomic E-state index is 12.9. The molecule has 0 spiro atoms. The van der Waals surface area contributed by atoms with Crippen LogP contribution in [-0.2, 0) is 14.3 Å². The van der Waals surface area contributed by atoms with Gasteiger partial charge in [0.15, 0.2) is 0 Å². The molecule has 6 heteroatoms. The number of nitrogens with one attached hydrogen (secondary N) is 1. The second-order valence-corrected chi connectivity index (χ2v) is 7.39. The van der Waals surface area contributed by atoms with E-state index in [1.54, 1.807) is 25.3 Å². The van der Waals surface area contributed by atoms with Gasteiger partial charge in [0.1, 0.15) is 16.9 Å². The first kappa shape index (κ1) is 21.2. The minimum absolute atomic E-state index is 0.0330. The van der Waals surface area contributed by atoms with E-state index in [1.165, 1.54) is 7.11 Å². The van der Waals surface area contributed by atoms with Crippen LogP contribution in [0.2, 0.25) is 0 Å². The van der Waals surface area contributed by atoms with Crippen LogP contribution < -0.4 is 10.1 Å². The third-order valence-corrected chi connectivity index (χ3v) is 5.31. The monoisotopic (exact) mass is 377 g/mol. The Bertz CT molecular complexity index is 675. The summed E-state index contributed by atoms with van der Waals surface area (Å²) in [6.07, 6.45) is 4.22. The summed E-state index contributed by atoms with van der Waals surface area (Å²) in [5, 5.41) is 2.91. The van der Waals surface area contributed by atoms with Crippen molar-refractivity contribution in [2.45, 2.75) is 64.6 Å². The molecule has 3 unspecified atom stereocenters. The number of amides is 1. The van der Waals surface area contributed by atoms with Gasteiger partial charge in [0.05, 0.1) is 13.2 Å². The van der Waals surface area contributed by atoms with E-state index >= 15 is 0 Å². The van der Waals surface area contributed by atoms with Crippen molar-refractivity contribution in [3.8, 4) is 5.75 Å². The van der Waals surface area contributed by atoms with E-state index in [0.717, 1.165) is 19.3 Å².